The number of para-hydroxylation sites is 1. The van der Waals surface area contributed by atoms with Crippen molar-refractivity contribution in [1.82, 2.24) is 10.3 Å². The van der Waals surface area contributed by atoms with Gasteiger partial charge in [-0.2, -0.15) is 0 Å². The molecule has 0 aliphatic carbocycles. The van der Waals surface area contributed by atoms with Gasteiger partial charge in [-0.15, -0.1) is 0 Å². The first-order valence-corrected chi connectivity index (χ1v) is 13.3. The molecule has 1 atom stereocenters. The van der Waals surface area contributed by atoms with E-state index in [-0.39, 0.29) is 17.7 Å². The zero-order valence-corrected chi connectivity index (χ0v) is 22.4. The van der Waals surface area contributed by atoms with Gasteiger partial charge in [0.25, 0.3) is 0 Å². The Hall–Kier alpha value is -4.51. The van der Waals surface area contributed by atoms with Crippen molar-refractivity contribution >= 4 is 16.8 Å². The van der Waals surface area contributed by atoms with Gasteiger partial charge in [0.2, 0.25) is 5.91 Å². The number of rotatable bonds is 11. The molecule has 5 heteroatoms. The Kier molecular flexibility index (Phi) is 8.27. The molecule has 0 aliphatic rings. The minimum Gasteiger partial charge on any atom is -0.497 e. The Morgan fingerprint density at radius 2 is 1.33 bits per heavy atom. The molecule has 1 amide bonds. The third-order valence-electron chi connectivity index (χ3n) is 7.32. The summed E-state index contributed by atoms with van der Waals surface area (Å²) >= 11 is 0. The lowest BCUT2D eigenvalue weighted by Crippen LogP contribution is -2.27. The molecule has 0 saturated carbocycles. The van der Waals surface area contributed by atoms with Crippen LogP contribution in [0.4, 0.5) is 0 Å². The van der Waals surface area contributed by atoms with E-state index in [1.54, 1.807) is 14.2 Å². The summed E-state index contributed by atoms with van der Waals surface area (Å²) in [6, 6.07) is 35.0. The van der Waals surface area contributed by atoms with E-state index >= 15 is 0 Å². The molecule has 5 aromatic rings. The van der Waals surface area contributed by atoms with E-state index in [2.05, 4.69) is 71.0 Å². The molecule has 0 aliphatic heterocycles. The second-order valence-electron chi connectivity index (χ2n) is 9.70. The van der Waals surface area contributed by atoms with Gasteiger partial charge in [0.15, 0.2) is 0 Å². The monoisotopic (exact) mass is 518 g/mol. The number of aromatic nitrogens is 1. The summed E-state index contributed by atoms with van der Waals surface area (Å²) in [4.78, 5) is 16.8. The maximum atomic E-state index is 13.4. The van der Waals surface area contributed by atoms with Crippen molar-refractivity contribution in [3.8, 4) is 11.5 Å². The maximum Gasteiger partial charge on any atom is 0.220 e. The summed E-state index contributed by atoms with van der Waals surface area (Å²) in [6.45, 7) is 0.579. The number of amides is 1. The van der Waals surface area contributed by atoms with Crippen molar-refractivity contribution < 1.29 is 14.3 Å². The highest BCUT2D eigenvalue weighted by Crippen LogP contribution is 2.37. The van der Waals surface area contributed by atoms with Gasteiger partial charge in [0, 0.05) is 48.0 Å². The van der Waals surface area contributed by atoms with Crippen LogP contribution >= 0.6 is 0 Å². The SMILES string of the molecule is COc1cc(OC)cc(C(CC(=O)NCCC(c2ccccc2)c2ccccc2)c2c[nH]c3ccccc23)c1. The largest absolute Gasteiger partial charge is 0.497 e. The van der Waals surface area contributed by atoms with Crippen molar-refractivity contribution in [1.29, 1.82) is 0 Å². The minimum absolute atomic E-state index is 0.00643. The van der Waals surface area contributed by atoms with E-state index in [0.717, 1.165) is 28.5 Å². The molecule has 0 bridgehead atoms. The summed E-state index contributed by atoms with van der Waals surface area (Å²) in [7, 11) is 3.28. The maximum absolute atomic E-state index is 13.4. The quantitative estimate of drug-likeness (QED) is 0.197. The fourth-order valence-electron chi connectivity index (χ4n) is 5.33. The van der Waals surface area contributed by atoms with E-state index in [1.807, 2.05) is 48.7 Å². The van der Waals surface area contributed by atoms with Crippen molar-refractivity contribution in [3.63, 3.8) is 0 Å². The molecule has 39 heavy (non-hydrogen) atoms. The Labute approximate surface area is 229 Å². The van der Waals surface area contributed by atoms with E-state index < -0.39 is 0 Å². The predicted octanol–water partition coefficient (Wildman–Crippen LogP) is 7.05. The van der Waals surface area contributed by atoms with Crippen LogP contribution in [0.1, 0.15) is 46.9 Å². The molecule has 0 fully saturated rings. The van der Waals surface area contributed by atoms with Gasteiger partial charge in [-0.1, -0.05) is 78.9 Å². The van der Waals surface area contributed by atoms with Crippen LogP contribution in [0, 0.1) is 0 Å². The average Bonchev–Trinajstić information content (AvgIpc) is 3.42. The van der Waals surface area contributed by atoms with E-state index in [1.165, 1.54) is 11.1 Å². The lowest BCUT2D eigenvalue weighted by molar-refractivity contribution is -0.121. The molecule has 1 heterocycles. The molecule has 5 nitrogen and oxygen atoms in total. The number of carbonyl (C=O) groups excluding carboxylic acids is 1. The molecule has 0 saturated heterocycles. The third-order valence-corrected chi connectivity index (χ3v) is 7.32. The fourth-order valence-corrected chi connectivity index (χ4v) is 5.33. The van der Waals surface area contributed by atoms with Crippen molar-refractivity contribution in [2.75, 3.05) is 20.8 Å². The molecular weight excluding hydrogens is 484 g/mol. The van der Waals surface area contributed by atoms with E-state index in [9.17, 15) is 4.79 Å². The van der Waals surface area contributed by atoms with Crippen molar-refractivity contribution in [3.05, 3.63) is 132 Å². The van der Waals surface area contributed by atoms with Crippen molar-refractivity contribution in [2.24, 2.45) is 0 Å². The highest BCUT2D eigenvalue weighted by atomic mass is 16.5. The second kappa shape index (κ2) is 12.4. The number of benzene rings is 4. The number of methoxy groups -OCH3 is 2. The summed E-state index contributed by atoms with van der Waals surface area (Å²) in [5.41, 5.74) is 5.58. The van der Waals surface area contributed by atoms with Crippen LogP contribution in [0.5, 0.6) is 11.5 Å². The van der Waals surface area contributed by atoms with Gasteiger partial charge in [-0.05, 0) is 46.9 Å². The Balaban J connectivity index is 1.37. The molecule has 5 rings (SSSR count). The Morgan fingerprint density at radius 3 is 1.95 bits per heavy atom. The van der Waals surface area contributed by atoms with E-state index in [4.69, 9.17) is 9.47 Å². The van der Waals surface area contributed by atoms with Crippen LogP contribution in [0.15, 0.2) is 109 Å². The minimum atomic E-state index is -0.177. The molecule has 4 aromatic carbocycles. The Morgan fingerprint density at radius 1 is 0.744 bits per heavy atom. The van der Waals surface area contributed by atoms with Crippen LogP contribution in [0.25, 0.3) is 10.9 Å². The molecule has 0 spiro atoms. The summed E-state index contributed by atoms with van der Waals surface area (Å²) in [5, 5.41) is 4.31. The highest BCUT2D eigenvalue weighted by Gasteiger charge is 2.23. The third kappa shape index (κ3) is 6.15. The number of hydrogen-bond donors (Lipinski definition) is 2. The number of hydrogen-bond acceptors (Lipinski definition) is 3. The zero-order chi connectivity index (χ0) is 27.0. The van der Waals surface area contributed by atoms with Crippen molar-refractivity contribution in [2.45, 2.75) is 24.7 Å². The van der Waals surface area contributed by atoms with Crippen LogP contribution in [0.2, 0.25) is 0 Å². The normalized spacial score (nSPS) is 11.9. The van der Waals surface area contributed by atoms with E-state index in [0.29, 0.717) is 24.5 Å². The second-order valence-corrected chi connectivity index (χ2v) is 9.70. The molecular formula is C34H34N2O3. The highest BCUT2D eigenvalue weighted by molar-refractivity contribution is 5.86. The molecule has 2 N–H and O–H groups in total. The van der Waals surface area contributed by atoms with Gasteiger partial charge in [0.05, 0.1) is 14.2 Å². The standard InChI is InChI=1S/C34H34N2O3/c1-38-27-19-26(20-28(21-27)39-2)31(32-23-36-33-16-10-9-15-30(32)33)22-34(37)35-18-17-29(24-11-5-3-6-12-24)25-13-7-4-8-14-25/h3-16,19-21,23,29,31,36H,17-18,22H2,1-2H3,(H,35,37). The first-order chi connectivity index (χ1) is 19.2. The fraction of sp³-hybridized carbons (Fsp3) is 0.206. The number of aromatic amines is 1. The smallest absolute Gasteiger partial charge is 0.220 e. The van der Waals surface area contributed by atoms with Crippen LogP contribution in [-0.4, -0.2) is 31.7 Å². The molecule has 198 valence electrons. The van der Waals surface area contributed by atoms with Gasteiger partial charge < -0.3 is 19.8 Å². The number of ether oxygens (including phenoxy) is 2. The summed E-state index contributed by atoms with van der Waals surface area (Å²) in [6.07, 6.45) is 3.12. The lowest BCUT2D eigenvalue weighted by atomic mass is 9.87. The first-order valence-electron chi connectivity index (χ1n) is 13.3. The number of carbonyl (C=O) groups is 1. The zero-order valence-electron chi connectivity index (χ0n) is 22.4. The number of fused-ring (bicyclic) bond motifs is 1. The molecule has 0 radical (unpaired) electrons. The lowest BCUT2D eigenvalue weighted by Gasteiger charge is -2.21. The topological polar surface area (TPSA) is 63.4 Å². The number of nitrogens with one attached hydrogen (secondary N) is 2. The van der Waals surface area contributed by atoms with Gasteiger partial charge in [-0.3, -0.25) is 4.79 Å². The number of H-pyrrole nitrogens is 1. The summed E-state index contributed by atoms with van der Waals surface area (Å²) in [5.74, 6) is 1.43. The van der Waals surface area contributed by atoms with Crippen LogP contribution in [0.3, 0.4) is 0 Å². The molecule has 1 aromatic heterocycles. The summed E-state index contributed by atoms with van der Waals surface area (Å²) < 4.78 is 11.1. The average molecular weight is 519 g/mol. The van der Waals surface area contributed by atoms with Crippen LogP contribution < -0.4 is 14.8 Å². The van der Waals surface area contributed by atoms with Gasteiger partial charge in [0.1, 0.15) is 11.5 Å². The first kappa shape index (κ1) is 26.1. The molecule has 1 unspecified atom stereocenters. The van der Waals surface area contributed by atoms with Crippen LogP contribution in [-0.2, 0) is 4.79 Å². The van der Waals surface area contributed by atoms with Gasteiger partial charge >= 0.3 is 0 Å². The Bertz CT molecular complexity index is 1450. The predicted molar refractivity (Wildman–Crippen MR) is 157 cm³/mol. The van der Waals surface area contributed by atoms with Gasteiger partial charge in [-0.25, -0.2) is 0 Å².